The molecule has 0 saturated carbocycles. The van der Waals surface area contributed by atoms with Crippen LogP contribution in [0.25, 0.3) is 0 Å². The van der Waals surface area contributed by atoms with Gasteiger partial charge in [0, 0.05) is 37.4 Å². The number of hydrogen-bond acceptors (Lipinski definition) is 3. The van der Waals surface area contributed by atoms with Gasteiger partial charge >= 0.3 is 0 Å². The molecule has 1 fully saturated rings. The van der Waals surface area contributed by atoms with E-state index < -0.39 is 0 Å². The van der Waals surface area contributed by atoms with Crippen LogP contribution in [0.1, 0.15) is 15.9 Å². The largest absolute Gasteiger partial charge is 0.369 e. The molecule has 0 atom stereocenters. The zero-order valence-electron chi connectivity index (χ0n) is 10.2. The Morgan fingerprint density at radius 1 is 1.24 bits per heavy atom. The smallest absolute Gasteiger partial charge is 0.252 e. The summed E-state index contributed by atoms with van der Waals surface area (Å²) >= 11 is 5.58. The summed E-state index contributed by atoms with van der Waals surface area (Å²) in [5.74, 6) is 0. The Morgan fingerprint density at radius 2 is 1.88 bits per heavy atom. The Bertz CT molecular complexity index is 425. The van der Waals surface area contributed by atoms with Crippen LogP contribution in [0.4, 0.5) is 5.69 Å². The van der Waals surface area contributed by atoms with E-state index in [0.717, 1.165) is 37.4 Å². The lowest BCUT2D eigenvalue weighted by molar-refractivity contribution is 0.108. The lowest BCUT2D eigenvalue weighted by Gasteiger charge is -2.34. The molecule has 0 unspecified atom stereocenters. The first-order valence-electron chi connectivity index (χ1n) is 5.82. The molecular weight excluding hydrogens is 236 g/mol. The molecule has 0 aliphatic carbocycles. The van der Waals surface area contributed by atoms with E-state index in [1.165, 1.54) is 0 Å². The van der Waals surface area contributed by atoms with Crippen LogP contribution in [0.3, 0.4) is 0 Å². The molecule has 1 aromatic rings. The molecular formula is C13H17ClN2O. The monoisotopic (exact) mass is 252 g/mol. The number of hydrogen-bond donors (Lipinski definition) is 0. The van der Waals surface area contributed by atoms with Crippen LogP contribution in [0, 0.1) is 6.92 Å². The van der Waals surface area contributed by atoms with Gasteiger partial charge in [-0.05, 0) is 43.3 Å². The minimum Gasteiger partial charge on any atom is -0.369 e. The number of rotatable bonds is 2. The fourth-order valence-corrected chi connectivity index (χ4v) is 2.29. The van der Waals surface area contributed by atoms with Gasteiger partial charge in [-0.25, -0.2) is 0 Å². The van der Waals surface area contributed by atoms with Crippen LogP contribution >= 0.6 is 11.6 Å². The fraction of sp³-hybridized carbons (Fsp3) is 0.462. The molecule has 0 N–H and O–H groups in total. The number of anilines is 1. The summed E-state index contributed by atoms with van der Waals surface area (Å²) in [6, 6.07) is 5.92. The Hall–Kier alpha value is -1.06. The van der Waals surface area contributed by atoms with E-state index in [9.17, 15) is 4.79 Å². The Labute approximate surface area is 107 Å². The highest BCUT2D eigenvalue weighted by Crippen LogP contribution is 2.21. The predicted octanol–water partition coefficient (Wildman–Crippen LogP) is 2.13. The van der Waals surface area contributed by atoms with Crippen LogP contribution in [-0.2, 0) is 0 Å². The number of carbonyl (C=O) groups is 1. The number of aryl methyl sites for hydroxylation is 1. The molecule has 0 spiro atoms. The van der Waals surface area contributed by atoms with Gasteiger partial charge in [0.25, 0.3) is 5.24 Å². The van der Waals surface area contributed by atoms with Gasteiger partial charge in [0.2, 0.25) is 0 Å². The summed E-state index contributed by atoms with van der Waals surface area (Å²) in [6.45, 7) is 6.00. The van der Waals surface area contributed by atoms with Gasteiger partial charge in [0.1, 0.15) is 0 Å². The predicted molar refractivity (Wildman–Crippen MR) is 71.1 cm³/mol. The molecule has 0 radical (unpaired) electrons. The van der Waals surface area contributed by atoms with Gasteiger partial charge in [-0.2, -0.15) is 0 Å². The number of benzene rings is 1. The normalized spacial score (nSPS) is 17.2. The van der Waals surface area contributed by atoms with Crippen molar-refractivity contribution in [1.82, 2.24) is 4.90 Å². The first kappa shape index (κ1) is 12.4. The molecule has 1 aliphatic heterocycles. The fourth-order valence-electron chi connectivity index (χ4n) is 2.08. The quantitative estimate of drug-likeness (QED) is 0.754. The third-order valence-electron chi connectivity index (χ3n) is 3.30. The van der Waals surface area contributed by atoms with Crippen molar-refractivity contribution in [2.24, 2.45) is 0 Å². The summed E-state index contributed by atoms with van der Waals surface area (Å²) in [7, 11) is 2.13. The summed E-state index contributed by atoms with van der Waals surface area (Å²) in [6.07, 6.45) is 0. The average Bonchev–Trinajstić information content (AvgIpc) is 2.30. The first-order chi connectivity index (χ1) is 8.08. The second-order valence-electron chi connectivity index (χ2n) is 4.56. The average molecular weight is 253 g/mol. The maximum atomic E-state index is 11.3. The molecule has 1 saturated heterocycles. The maximum Gasteiger partial charge on any atom is 0.252 e. The Balaban J connectivity index is 2.21. The zero-order valence-corrected chi connectivity index (χ0v) is 11.0. The molecule has 92 valence electrons. The van der Waals surface area contributed by atoms with Crippen molar-refractivity contribution in [1.29, 1.82) is 0 Å². The van der Waals surface area contributed by atoms with Crippen LogP contribution in [-0.4, -0.2) is 43.4 Å². The van der Waals surface area contributed by atoms with E-state index in [-0.39, 0.29) is 5.24 Å². The summed E-state index contributed by atoms with van der Waals surface area (Å²) in [5.41, 5.74) is 2.64. The standard InChI is InChI=1S/C13H17ClN2O/c1-10-3-4-11(9-12(10)13(14)17)16-7-5-15(2)6-8-16/h3-4,9H,5-8H2,1-2H3. The molecule has 0 amide bonds. The summed E-state index contributed by atoms with van der Waals surface area (Å²) in [5, 5.41) is -0.376. The number of nitrogens with zero attached hydrogens (tertiary/aromatic N) is 2. The Morgan fingerprint density at radius 3 is 2.47 bits per heavy atom. The maximum absolute atomic E-state index is 11.3. The second kappa shape index (κ2) is 5.07. The van der Waals surface area contributed by atoms with Gasteiger partial charge in [0.05, 0.1) is 0 Å². The third kappa shape index (κ3) is 2.79. The van der Waals surface area contributed by atoms with E-state index in [4.69, 9.17) is 11.6 Å². The third-order valence-corrected chi connectivity index (χ3v) is 3.50. The van der Waals surface area contributed by atoms with Crippen LogP contribution in [0.5, 0.6) is 0 Å². The van der Waals surface area contributed by atoms with E-state index >= 15 is 0 Å². The summed E-state index contributed by atoms with van der Waals surface area (Å²) in [4.78, 5) is 15.9. The van der Waals surface area contributed by atoms with Crippen molar-refractivity contribution in [3.8, 4) is 0 Å². The SMILES string of the molecule is Cc1ccc(N2CCN(C)CC2)cc1C(=O)Cl. The molecule has 2 rings (SSSR count). The van der Waals surface area contributed by atoms with Gasteiger partial charge in [-0.1, -0.05) is 6.07 Å². The topological polar surface area (TPSA) is 23.6 Å². The van der Waals surface area contributed by atoms with E-state index in [1.54, 1.807) is 0 Å². The number of piperazine rings is 1. The first-order valence-corrected chi connectivity index (χ1v) is 6.19. The van der Waals surface area contributed by atoms with E-state index in [1.807, 2.05) is 19.1 Å². The van der Waals surface area contributed by atoms with Gasteiger partial charge in [-0.15, -0.1) is 0 Å². The van der Waals surface area contributed by atoms with Crippen molar-refractivity contribution in [3.63, 3.8) is 0 Å². The van der Waals surface area contributed by atoms with Gasteiger partial charge < -0.3 is 9.80 Å². The lowest BCUT2D eigenvalue weighted by atomic mass is 10.1. The second-order valence-corrected chi connectivity index (χ2v) is 4.91. The van der Waals surface area contributed by atoms with E-state index in [0.29, 0.717) is 5.56 Å². The lowest BCUT2D eigenvalue weighted by Crippen LogP contribution is -2.44. The van der Waals surface area contributed by atoms with Crippen molar-refractivity contribution < 1.29 is 4.79 Å². The van der Waals surface area contributed by atoms with Gasteiger partial charge in [-0.3, -0.25) is 4.79 Å². The van der Waals surface area contributed by atoms with Crippen molar-refractivity contribution in [3.05, 3.63) is 29.3 Å². The number of halogens is 1. The number of likely N-dealkylation sites (N-methyl/N-ethyl adjacent to an activating group) is 1. The molecule has 1 heterocycles. The highest BCUT2D eigenvalue weighted by Gasteiger charge is 2.16. The molecule has 17 heavy (non-hydrogen) atoms. The van der Waals surface area contributed by atoms with E-state index in [2.05, 4.69) is 22.9 Å². The van der Waals surface area contributed by atoms with Crippen molar-refractivity contribution in [2.75, 3.05) is 38.1 Å². The van der Waals surface area contributed by atoms with Crippen LogP contribution in [0.15, 0.2) is 18.2 Å². The molecule has 1 aliphatic rings. The van der Waals surface area contributed by atoms with Crippen LogP contribution in [0.2, 0.25) is 0 Å². The molecule has 3 nitrogen and oxygen atoms in total. The minimum atomic E-state index is -0.376. The van der Waals surface area contributed by atoms with Crippen molar-refractivity contribution >= 4 is 22.5 Å². The van der Waals surface area contributed by atoms with Crippen LogP contribution < -0.4 is 4.90 Å². The highest BCUT2D eigenvalue weighted by atomic mass is 35.5. The van der Waals surface area contributed by atoms with Gasteiger partial charge in [0.15, 0.2) is 0 Å². The molecule has 4 heteroatoms. The number of carbonyl (C=O) groups excluding carboxylic acids is 1. The Kier molecular flexibility index (Phi) is 3.69. The molecule has 0 bridgehead atoms. The highest BCUT2D eigenvalue weighted by molar-refractivity contribution is 6.68. The van der Waals surface area contributed by atoms with Crippen molar-refractivity contribution in [2.45, 2.75) is 6.92 Å². The minimum absolute atomic E-state index is 0.376. The summed E-state index contributed by atoms with van der Waals surface area (Å²) < 4.78 is 0. The zero-order chi connectivity index (χ0) is 12.4. The molecule has 1 aromatic carbocycles. The molecule has 0 aromatic heterocycles.